The molecule has 27 heavy (non-hydrogen) atoms. The number of carbonyl (C=O) groups excluding carboxylic acids is 1. The summed E-state index contributed by atoms with van der Waals surface area (Å²) in [7, 11) is 1.82. The fourth-order valence-corrected chi connectivity index (χ4v) is 3.65. The predicted octanol–water partition coefficient (Wildman–Crippen LogP) is 4.87. The van der Waals surface area contributed by atoms with E-state index in [4.69, 9.17) is 5.10 Å². The van der Waals surface area contributed by atoms with Crippen LogP contribution in [0.15, 0.2) is 84.2 Å². The van der Waals surface area contributed by atoms with Gasteiger partial charge in [0.05, 0.1) is 10.6 Å². The Morgan fingerprint density at radius 3 is 2.37 bits per heavy atom. The van der Waals surface area contributed by atoms with Crippen LogP contribution in [0.2, 0.25) is 0 Å². The van der Waals surface area contributed by atoms with E-state index in [0.717, 1.165) is 21.8 Å². The van der Waals surface area contributed by atoms with Gasteiger partial charge in [-0.25, -0.2) is 4.68 Å². The third-order valence-corrected chi connectivity index (χ3v) is 5.20. The third-order valence-electron chi connectivity index (χ3n) is 4.31. The van der Waals surface area contributed by atoms with Gasteiger partial charge in [0.1, 0.15) is 11.4 Å². The van der Waals surface area contributed by atoms with Crippen molar-refractivity contribution in [3.63, 3.8) is 0 Å². The minimum Gasteiger partial charge on any atom is -0.336 e. The Morgan fingerprint density at radius 2 is 1.70 bits per heavy atom. The highest BCUT2D eigenvalue weighted by Crippen LogP contribution is 2.26. The van der Waals surface area contributed by atoms with Gasteiger partial charge >= 0.3 is 0 Å². The van der Waals surface area contributed by atoms with Gasteiger partial charge in [0, 0.05) is 13.6 Å². The van der Waals surface area contributed by atoms with Crippen LogP contribution in [0.1, 0.15) is 16.1 Å². The predicted molar refractivity (Wildman–Crippen MR) is 109 cm³/mol. The molecule has 0 aliphatic heterocycles. The smallest absolute Gasteiger partial charge is 0.272 e. The van der Waals surface area contributed by atoms with Gasteiger partial charge in [-0.1, -0.05) is 54.6 Å². The van der Waals surface area contributed by atoms with E-state index in [1.807, 2.05) is 91.3 Å². The number of amides is 1. The molecule has 2 heterocycles. The molecule has 2 aromatic carbocycles. The number of benzene rings is 2. The third kappa shape index (κ3) is 3.68. The van der Waals surface area contributed by atoms with Gasteiger partial charge in [-0.3, -0.25) is 4.79 Å². The van der Waals surface area contributed by atoms with Crippen molar-refractivity contribution in [1.29, 1.82) is 0 Å². The van der Waals surface area contributed by atoms with E-state index in [1.165, 1.54) is 0 Å². The molecule has 0 fully saturated rings. The molecule has 0 spiro atoms. The van der Waals surface area contributed by atoms with E-state index in [9.17, 15) is 4.79 Å². The summed E-state index contributed by atoms with van der Waals surface area (Å²) in [6, 6.07) is 25.6. The van der Waals surface area contributed by atoms with E-state index < -0.39 is 0 Å². The Morgan fingerprint density at radius 1 is 1.00 bits per heavy atom. The first-order valence-electron chi connectivity index (χ1n) is 8.71. The van der Waals surface area contributed by atoms with Gasteiger partial charge in [-0.15, -0.1) is 11.3 Å². The summed E-state index contributed by atoms with van der Waals surface area (Å²) < 4.78 is 1.74. The fraction of sp³-hybridized carbons (Fsp3) is 0.0909. The summed E-state index contributed by atoms with van der Waals surface area (Å²) >= 11 is 1.62. The van der Waals surface area contributed by atoms with Gasteiger partial charge in [-0.05, 0) is 35.2 Å². The monoisotopic (exact) mass is 373 g/mol. The van der Waals surface area contributed by atoms with E-state index in [-0.39, 0.29) is 5.91 Å². The normalized spacial score (nSPS) is 10.7. The molecule has 134 valence electrons. The highest BCUT2D eigenvalue weighted by molar-refractivity contribution is 7.13. The summed E-state index contributed by atoms with van der Waals surface area (Å²) in [5.41, 5.74) is 3.34. The minimum absolute atomic E-state index is 0.0574. The SMILES string of the molecule is CN(Cc1ccccc1)C(=O)c1cc(-c2cccs2)nn1-c1ccccc1. The lowest BCUT2D eigenvalue weighted by Crippen LogP contribution is -2.28. The Balaban J connectivity index is 1.71. The molecule has 0 aliphatic rings. The maximum atomic E-state index is 13.2. The summed E-state index contributed by atoms with van der Waals surface area (Å²) in [6.45, 7) is 0.550. The number of rotatable bonds is 5. The fourth-order valence-electron chi connectivity index (χ4n) is 2.97. The van der Waals surface area contributed by atoms with Gasteiger partial charge in [-0.2, -0.15) is 5.10 Å². The number of carbonyl (C=O) groups is 1. The van der Waals surface area contributed by atoms with Crippen molar-refractivity contribution in [1.82, 2.24) is 14.7 Å². The lowest BCUT2D eigenvalue weighted by Gasteiger charge is -2.18. The van der Waals surface area contributed by atoms with Crippen LogP contribution in [-0.2, 0) is 6.54 Å². The van der Waals surface area contributed by atoms with Gasteiger partial charge in [0.2, 0.25) is 0 Å². The number of thiophene rings is 1. The van der Waals surface area contributed by atoms with Crippen molar-refractivity contribution >= 4 is 17.2 Å². The molecule has 4 nitrogen and oxygen atoms in total. The van der Waals surface area contributed by atoms with E-state index in [0.29, 0.717) is 12.2 Å². The maximum absolute atomic E-state index is 13.2. The molecule has 0 bridgehead atoms. The van der Waals surface area contributed by atoms with Crippen molar-refractivity contribution in [3.8, 4) is 16.3 Å². The van der Waals surface area contributed by atoms with Crippen molar-refractivity contribution in [2.24, 2.45) is 0 Å². The molecule has 0 unspecified atom stereocenters. The van der Waals surface area contributed by atoms with E-state index >= 15 is 0 Å². The molecule has 0 radical (unpaired) electrons. The molecule has 5 heteroatoms. The average molecular weight is 373 g/mol. The number of hydrogen-bond acceptors (Lipinski definition) is 3. The second-order valence-corrected chi connectivity index (χ2v) is 7.23. The molecule has 0 saturated carbocycles. The van der Waals surface area contributed by atoms with Crippen LogP contribution in [-0.4, -0.2) is 27.6 Å². The lowest BCUT2D eigenvalue weighted by molar-refractivity contribution is 0.0776. The Bertz CT molecular complexity index is 1020. The zero-order valence-electron chi connectivity index (χ0n) is 14.9. The summed E-state index contributed by atoms with van der Waals surface area (Å²) in [6.07, 6.45) is 0. The van der Waals surface area contributed by atoms with Crippen LogP contribution in [0.25, 0.3) is 16.3 Å². The van der Waals surface area contributed by atoms with E-state index in [2.05, 4.69) is 0 Å². The second-order valence-electron chi connectivity index (χ2n) is 6.29. The van der Waals surface area contributed by atoms with Crippen LogP contribution >= 0.6 is 11.3 Å². The maximum Gasteiger partial charge on any atom is 0.272 e. The van der Waals surface area contributed by atoms with Crippen LogP contribution in [0.4, 0.5) is 0 Å². The Hall–Kier alpha value is -3.18. The zero-order chi connectivity index (χ0) is 18.6. The number of nitrogens with zero attached hydrogens (tertiary/aromatic N) is 3. The first-order chi connectivity index (χ1) is 13.2. The quantitative estimate of drug-likeness (QED) is 0.500. The lowest BCUT2D eigenvalue weighted by atomic mass is 10.2. The summed E-state index contributed by atoms with van der Waals surface area (Å²) in [5, 5.41) is 6.73. The second kappa shape index (κ2) is 7.60. The molecule has 0 atom stereocenters. The first kappa shape index (κ1) is 17.2. The van der Waals surface area contributed by atoms with Crippen molar-refractivity contribution in [2.45, 2.75) is 6.54 Å². The van der Waals surface area contributed by atoms with Gasteiger partial charge in [0.25, 0.3) is 5.91 Å². The highest BCUT2D eigenvalue weighted by atomic mass is 32.1. The first-order valence-corrected chi connectivity index (χ1v) is 9.59. The van der Waals surface area contributed by atoms with E-state index in [1.54, 1.807) is 20.9 Å². The van der Waals surface area contributed by atoms with Crippen LogP contribution in [0, 0.1) is 0 Å². The molecular weight excluding hydrogens is 354 g/mol. The molecule has 0 aliphatic carbocycles. The zero-order valence-corrected chi connectivity index (χ0v) is 15.8. The van der Waals surface area contributed by atoms with Gasteiger partial charge < -0.3 is 4.90 Å². The van der Waals surface area contributed by atoms with Crippen LogP contribution in [0.3, 0.4) is 0 Å². The van der Waals surface area contributed by atoms with Gasteiger partial charge in [0.15, 0.2) is 0 Å². The molecule has 0 N–H and O–H groups in total. The molecular formula is C22H19N3OS. The Kier molecular flexibility index (Phi) is 4.85. The average Bonchev–Trinajstić information content (AvgIpc) is 3.38. The topological polar surface area (TPSA) is 38.1 Å². The summed E-state index contributed by atoms with van der Waals surface area (Å²) in [4.78, 5) is 16.0. The number of para-hydroxylation sites is 1. The van der Waals surface area contributed by atoms with Crippen molar-refractivity contribution in [2.75, 3.05) is 7.05 Å². The van der Waals surface area contributed by atoms with Crippen molar-refractivity contribution < 1.29 is 4.79 Å². The largest absolute Gasteiger partial charge is 0.336 e. The number of aromatic nitrogens is 2. The molecule has 4 rings (SSSR count). The molecule has 1 amide bonds. The van der Waals surface area contributed by atoms with Crippen LogP contribution in [0.5, 0.6) is 0 Å². The Labute approximate surface area is 162 Å². The van der Waals surface area contributed by atoms with Crippen molar-refractivity contribution in [3.05, 3.63) is 95.5 Å². The molecule has 4 aromatic rings. The number of hydrogen-bond donors (Lipinski definition) is 0. The molecule has 2 aromatic heterocycles. The minimum atomic E-state index is -0.0574. The highest BCUT2D eigenvalue weighted by Gasteiger charge is 2.21. The van der Waals surface area contributed by atoms with Crippen LogP contribution < -0.4 is 0 Å². The molecule has 0 saturated heterocycles. The standard InChI is InChI=1S/C22H19N3OS/c1-24(16-17-9-4-2-5-10-17)22(26)20-15-19(21-13-8-14-27-21)23-25(20)18-11-6-3-7-12-18/h2-15H,16H2,1H3. The summed E-state index contributed by atoms with van der Waals surface area (Å²) in [5.74, 6) is -0.0574.